The van der Waals surface area contributed by atoms with Crippen molar-refractivity contribution in [2.24, 2.45) is 0 Å². The molecule has 0 aliphatic rings. The Balaban J connectivity index is 1.82. The molecule has 0 aliphatic heterocycles. The molecule has 3 heteroatoms. The van der Waals surface area contributed by atoms with Crippen LogP contribution in [0.2, 0.25) is 0 Å². The Bertz CT molecular complexity index is 845. The van der Waals surface area contributed by atoms with Gasteiger partial charge in [-0.2, -0.15) is 0 Å². The van der Waals surface area contributed by atoms with Crippen molar-refractivity contribution in [3.8, 4) is 0 Å². The average molecular weight is 358 g/mol. The highest BCUT2D eigenvalue weighted by molar-refractivity contribution is 5.77. The first kappa shape index (κ1) is 18.8. The van der Waals surface area contributed by atoms with Gasteiger partial charge in [0.15, 0.2) is 0 Å². The van der Waals surface area contributed by atoms with Gasteiger partial charge in [0.1, 0.15) is 0 Å². The largest absolute Gasteiger partial charge is 0.339 e. The monoisotopic (exact) mass is 358 g/mol. The second-order valence-electron chi connectivity index (χ2n) is 6.84. The SMILES string of the molecule is CCN(Cc1ccncc1)C(=O)C[C@H](c1ccccc1)c1ccc(C)cc1. The first-order valence-corrected chi connectivity index (χ1v) is 9.45. The molecule has 27 heavy (non-hydrogen) atoms. The van der Waals surface area contributed by atoms with E-state index in [4.69, 9.17) is 0 Å². The zero-order valence-electron chi connectivity index (χ0n) is 16.0. The topological polar surface area (TPSA) is 33.2 Å². The predicted molar refractivity (Wildman–Crippen MR) is 109 cm³/mol. The first-order chi connectivity index (χ1) is 13.2. The molecule has 0 unspecified atom stereocenters. The van der Waals surface area contributed by atoms with Gasteiger partial charge >= 0.3 is 0 Å². The summed E-state index contributed by atoms with van der Waals surface area (Å²) in [4.78, 5) is 19.1. The average Bonchev–Trinajstić information content (AvgIpc) is 2.72. The van der Waals surface area contributed by atoms with Crippen LogP contribution in [0.4, 0.5) is 0 Å². The van der Waals surface area contributed by atoms with Crippen LogP contribution in [0.1, 0.15) is 41.5 Å². The number of benzene rings is 2. The summed E-state index contributed by atoms with van der Waals surface area (Å²) >= 11 is 0. The molecule has 0 saturated carbocycles. The number of carbonyl (C=O) groups is 1. The highest BCUT2D eigenvalue weighted by Crippen LogP contribution is 2.29. The van der Waals surface area contributed by atoms with E-state index in [2.05, 4.69) is 48.3 Å². The molecule has 0 spiro atoms. The summed E-state index contributed by atoms with van der Waals surface area (Å²) in [5, 5.41) is 0. The van der Waals surface area contributed by atoms with Gasteiger partial charge < -0.3 is 4.90 Å². The van der Waals surface area contributed by atoms with E-state index in [1.54, 1.807) is 12.4 Å². The maximum absolute atomic E-state index is 13.1. The second-order valence-corrected chi connectivity index (χ2v) is 6.84. The molecule has 1 aromatic heterocycles. The summed E-state index contributed by atoms with van der Waals surface area (Å²) in [5.41, 5.74) is 4.69. The maximum Gasteiger partial charge on any atom is 0.223 e. The number of aromatic nitrogens is 1. The Morgan fingerprint density at radius 3 is 2.19 bits per heavy atom. The molecule has 138 valence electrons. The summed E-state index contributed by atoms with van der Waals surface area (Å²) in [6.07, 6.45) is 4.01. The van der Waals surface area contributed by atoms with Crippen LogP contribution in [0.15, 0.2) is 79.1 Å². The molecule has 1 amide bonds. The van der Waals surface area contributed by atoms with Crippen molar-refractivity contribution in [2.45, 2.75) is 32.7 Å². The molecule has 0 fully saturated rings. The lowest BCUT2D eigenvalue weighted by molar-refractivity contribution is -0.131. The molecule has 0 saturated heterocycles. The highest BCUT2D eigenvalue weighted by atomic mass is 16.2. The Labute approximate surface area is 161 Å². The molecule has 0 N–H and O–H groups in total. The Kier molecular flexibility index (Phi) is 6.37. The molecule has 0 aliphatic carbocycles. The van der Waals surface area contributed by atoms with Gasteiger partial charge in [-0.25, -0.2) is 0 Å². The molecule has 1 atom stereocenters. The molecule has 2 aromatic carbocycles. The quantitative estimate of drug-likeness (QED) is 0.598. The van der Waals surface area contributed by atoms with E-state index in [-0.39, 0.29) is 11.8 Å². The Morgan fingerprint density at radius 1 is 0.926 bits per heavy atom. The van der Waals surface area contributed by atoms with Gasteiger partial charge in [-0.1, -0.05) is 60.2 Å². The third-order valence-corrected chi connectivity index (χ3v) is 4.92. The molecule has 1 heterocycles. The minimum Gasteiger partial charge on any atom is -0.339 e. The van der Waals surface area contributed by atoms with E-state index in [1.807, 2.05) is 42.2 Å². The Morgan fingerprint density at radius 2 is 1.56 bits per heavy atom. The minimum atomic E-state index is 0.0609. The molecule has 3 rings (SSSR count). The zero-order valence-corrected chi connectivity index (χ0v) is 16.0. The van der Waals surface area contributed by atoms with Gasteiger partial charge in [0, 0.05) is 37.8 Å². The summed E-state index contributed by atoms with van der Waals surface area (Å²) < 4.78 is 0. The van der Waals surface area contributed by atoms with E-state index >= 15 is 0 Å². The lowest BCUT2D eigenvalue weighted by Gasteiger charge is -2.25. The summed E-state index contributed by atoms with van der Waals surface area (Å²) in [5.74, 6) is 0.231. The number of hydrogen-bond donors (Lipinski definition) is 0. The van der Waals surface area contributed by atoms with Crippen LogP contribution in [0.25, 0.3) is 0 Å². The number of rotatable bonds is 7. The summed E-state index contributed by atoms with van der Waals surface area (Å²) in [7, 11) is 0. The molecular weight excluding hydrogens is 332 g/mol. The van der Waals surface area contributed by atoms with Gasteiger partial charge in [-0.15, -0.1) is 0 Å². The van der Waals surface area contributed by atoms with Crippen LogP contribution in [0.5, 0.6) is 0 Å². The van der Waals surface area contributed by atoms with Gasteiger partial charge in [0.05, 0.1) is 0 Å². The third kappa shape index (κ3) is 5.04. The smallest absolute Gasteiger partial charge is 0.223 e. The van der Waals surface area contributed by atoms with E-state index in [0.29, 0.717) is 19.5 Å². The van der Waals surface area contributed by atoms with E-state index in [0.717, 1.165) is 5.56 Å². The fraction of sp³-hybridized carbons (Fsp3) is 0.250. The predicted octanol–water partition coefficient (Wildman–Crippen LogP) is 4.96. The third-order valence-electron chi connectivity index (χ3n) is 4.92. The van der Waals surface area contributed by atoms with Gasteiger partial charge in [0.2, 0.25) is 5.91 Å². The van der Waals surface area contributed by atoms with Crippen molar-refractivity contribution < 1.29 is 4.79 Å². The van der Waals surface area contributed by atoms with Crippen molar-refractivity contribution in [3.63, 3.8) is 0 Å². The summed E-state index contributed by atoms with van der Waals surface area (Å²) in [6.45, 7) is 5.42. The summed E-state index contributed by atoms with van der Waals surface area (Å²) in [6, 6.07) is 22.7. The minimum absolute atomic E-state index is 0.0609. The van der Waals surface area contributed by atoms with Crippen LogP contribution >= 0.6 is 0 Å². The van der Waals surface area contributed by atoms with Crippen LogP contribution in [-0.4, -0.2) is 22.3 Å². The van der Waals surface area contributed by atoms with Crippen molar-refractivity contribution in [2.75, 3.05) is 6.54 Å². The number of carbonyl (C=O) groups excluding carboxylic acids is 1. The lowest BCUT2D eigenvalue weighted by Crippen LogP contribution is -2.31. The standard InChI is InChI=1S/C24H26N2O/c1-3-26(18-20-13-15-25-16-14-20)24(27)17-23(21-7-5-4-6-8-21)22-11-9-19(2)10-12-22/h4-16,23H,3,17-18H2,1-2H3/t23-/m1/s1. The fourth-order valence-electron chi connectivity index (χ4n) is 3.30. The molecule has 3 nitrogen and oxygen atoms in total. The first-order valence-electron chi connectivity index (χ1n) is 9.45. The zero-order chi connectivity index (χ0) is 19.1. The highest BCUT2D eigenvalue weighted by Gasteiger charge is 2.21. The van der Waals surface area contributed by atoms with E-state index < -0.39 is 0 Å². The number of nitrogens with zero attached hydrogens (tertiary/aromatic N) is 2. The van der Waals surface area contributed by atoms with Crippen molar-refractivity contribution >= 4 is 5.91 Å². The van der Waals surface area contributed by atoms with Crippen molar-refractivity contribution in [3.05, 3.63) is 101 Å². The van der Waals surface area contributed by atoms with E-state index in [9.17, 15) is 4.79 Å². The van der Waals surface area contributed by atoms with Crippen LogP contribution in [-0.2, 0) is 11.3 Å². The van der Waals surface area contributed by atoms with Crippen LogP contribution in [0, 0.1) is 6.92 Å². The van der Waals surface area contributed by atoms with Crippen molar-refractivity contribution in [1.29, 1.82) is 0 Å². The normalized spacial score (nSPS) is 11.8. The van der Waals surface area contributed by atoms with E-state index in [1.165, 1.54) is 16.7 Å². The second kappa shape index (κ2) is 9.13. The van der Waals surface area contributed by atoms with Gasteiger partial charge in [0.25, 0.3) is 0 Å². The molecule has 0 radical (unpaired) electrons. The van der Waals surface area contributed by atoms with Gasteiger partial charge in [-0.05, 0) is 42.7 Å². The van der Waals surface area contributed by atoms with Crippen LogP contribution < -0.4 is 0 Å². The molecule has 0 bridgehead atoms. The number of hydrogen-bond acceptors (Lipinski definition) is 2. The number of aryl methyl sites for hydroxylation is 1. The lowest BCUT2D eigenvalue weighted by atomic mass is 9.87. The van der Waals surface area contributed by atoms with Gasteiger partial charge in [-0.3, -0.25) is 9.78 Å². The van der Waals surface area contributed by atoms with Crippen LogP contribution in [0.3, 0.4) is 0 Å². The Hall–Kier alpha value is -2.94. The maximum atomic E-state index is 13.1. The van der Waals surface area contributed by atoms with Crippen molar-refractivity contribution in [1.82, 2.24) is 9.88 Å². The molecular formula is C24H26N2O. The number of amides is 1. The number of pyridine rings is 1. The molecule has 3 aromatic rings. The fourth-order valence-corrected chi connectivity index (χ4v) is 3.30.